The van der Waals surface area contributed by atoms with Gasteiger partial charge >= 0.3 is 0 Å². The summed E-state index contributed by atoms with van der Waals surface area (Å²) in [6.07, 6.45) is 5.94. The number of phenols is 1. The summed E-state index contributed by atoms with van der Waals surface area (Å²) in [6.45, 7) is 2.41. The van der Waals surface area contributed by atoms with Crippen molar-refractivity contribution in [2.75, 3.05) is 6.61 Å². The van der Waals surface area contributed by atoms with Gasteiger partial charge in [-0.2, -0.15) is 5.10 Å². The zero-order valence-electron chi connectivity index (χ0n) is 13.5. The average molecular weight is 344 g/mol. The van der Waals surface area contributed by atoms with E-state index in [1.165, 1.54) is 35.6 Å². The molecule has 1 aliphatic rings. The lowest BCUT2D eigenvalue weighted by Crippen LogP contribution is -2.16. The first kappa shape index (κ1) is 16.5. The van der Waals surface area contributed by atoms with Gasteiger partial charge in [-0.3, -0.25) is 4.79 Å². The number of hydrazone groups is 1. The van der Waals surface area contributed by atoms with E-state index >= 15 is 0 Å². The zero-order valence-corrected chi connectivity index (χ0v) is 14.4. The molecule has 1 aromatic carbocycles. The summed E-state index contributed by atoms with van der Waals surface area (Å²) in [5.41, 5.74) is 4.34. The number of phenolic OH excluding ortho intramolecular Hbond substituents is 1. The Bertz CT molecular complexity index is 744. The maximum Gasteiger partial charge on any atom is 0.281 e. The summed E-state index contributed by atoms with van der Waals surface area (Å²) in [4.78, 5) is 14.2. The number of rotatable bonds is 5. The lowest BCUT2D eigenvalue weighted by atomic mass is 9.99. The van der Waals surface area contributed by atoms with Crippen molar-refractivity contribution < 1.29 is 14.6 Å². The van der Waals surface area contributed by atoms with E-state index in [0.717, 1.165) is 12.8 Å². The molecule has 2 N–H and O–H groups in total. The average Bonchev–Trinajstić information content (AvgIpc) is 3.01. The fraction of sp³-hybridized carbons (Fsp3) is 0.333. The molecule has 5 nitrogen and oxygen atoms in total. The normalized spacial score (nSPS) is 13.7. The Morgan fingerprint density at radius 1 is 1.38 bits per heavy atom. The molecule has 0 radical (unpaired) electrons. The summed E-state index contributed by atoms with van der Waals surface area (Å²) in [5.74, 6) is 0.446. The van der Waals surface area contributed by atoms with Crippen molar-refractivity contribution in [2.45, 2.75) is 32.6 Å². The van der Waals surface area contributed by atoms with Crippen LogP contribution in [0.5, 0.6) is 11.5 Å². The predicted molar refractivity (Wildman–Crippen MR) is 95.3 cm³/mol. The van der Waals surface area contributed by atoms with E-state index < -0.39 is 0 Å². The van der Waals surface area contributed by atoms with Crippen LogP contribution >= 0.6 is 11.3 Å². The minimum Gasteiger partial charge on any atom is -0.507 e. The topological polar surface area (TPSA) is 70.9 Å². The number of hydrogen-bond donors (Lipinski definition) is 2. The number of nitrogens with one attached hydrogen (secondary N) is 1. The van der Waals surface area contributed by atoms with Gasteiger partial charge in [0.05, 0.1) is 17.7 Å². The quantitative estimate of drug-likeness (QED) is 0.644. The van der Waals surface area contributed by atoms with E-state index in [-0.39, 0.29) is 11.7 Å². The summed E-state index contributed by atoms with van der Waals surface area (Å²) >= 11 is 1.55. The molecule has 2 aromatic rings. The van der Waals surface area contributed by atoms with E-state index in [2.05, 4.69) is 10.5 Å². The Balaban J connectivity index is 1.63. The molecular weight excluding hydrogens is 324 g/mol. The van der Waals surface area contributed by atoms with Gasteiger partial charge in [-0.25, -0.2) is 5.43 Å². The van der Waals surface area contributed by atoms with Crippen molar-refractivity contribution in [1.82, 2.24) is 5.43 Å². The maximum absolute atomic E-state index is 12.2. The Hall–Kier alpha value is -2.34. The maximum atomic E-state index is 12.2. The minimum absolute atomic E-state index is 0.0607. The Labute approximate surface area is 145 Å². The molecule has 6 heteroatoms. The molecule has 3 rings (SSSR count). The number of thiophene rings is 1. The van der Waals surface area contributed by atoms with Gasteiger partial charge in [0.25, 0.3) is 5.91 Å². The highest BCUT2D eigenvalue weighted by Crippen LogP contribution is 2.29. The fourth-order valence-corrected chi connectivity index (χ4v) is 3.85. The van der Waals surface area contributed by atoms with Crippen molar-refractivity contribution in [3.05, 3.63) is 45.1 Å². The van der Waals surface area contributed by atoms with Gasteiger partial charge in [-0.15, -0.1) is 11.3 Å². The number of aromatic hydroxyl groups is 1. The van der Waals surface area contributed by atoms with Crippen LogP contribution < -0.4 is 10.2 Å². The van der Waals surface area contributed by atoms with E-state index in [1.807, 2.05) is 13.0 Å². The molecule has 1 aromatic heterocycles. The first-order valence-corrected chi connectivity index (χ1v) is 8.90. The van der Waals surface area contributed by atoms with Gasteiger partial charge in [0.1, 0.15) is 11.5 Å². The van der Waals surface area contributed by atoms with Crippen LogP contribution in [0.3, 0.4) is 0 Å². The van der Waals surface area contributed by atoms with Crippen LogP contribution in [0.2, 0.25) is 0 Å². The number of hydrogen-bond acceptors (Lipinski definition) is 5. The number of carbonyl (C=O) groups excluding carboxylic acids is 1. The zero-order chi connectivity index (χ0) is 16.9. The highest BCUT2D eigenvalue weighted by molar-refractivity contribution is 7.14. The molecule has 24 heavy (non-hydrogen) atoms. The van der Waals surface area contributed by atoms with Crippen LogP contribution in [-0.2, 0) is 12.8 Å². The third-order valence-corrected chi connectivity index (χ3v) is 5.14. The van der Waals surface area contributed by atoms with Crippen LogP contribution in [0.4, 0.5) is 0 Å². The van der Waals surface area contributed by atoms with Gasteiger partial charge in [0, 0.05) is 16.5 Å². The second-order valence-electron chi connectivity index (χ2n) is 5.62. The first-order chi connectivity index (χ1) is 11.7. The third-order valence-electron chi connectivity index (χ3n) is 3.90. The smallest absolute Gasteiger partial charge is 0.281 e. The van der Waals surface area contributed by atoms with E-state index in [1.54, 1.807) is 23.5 Å². The highest BCUT2D eigenvalue weighted by atomic mass is 32.1. The molecule has 0 unspecified atom stereocenters. The lowest BCUT2D eigenvalue weighted by molar-refractivity contribution is 0.0959. The minimum atomic E-state index is -0.212. The molecule has 1 amide bonds. The van der Waals surface area contributed by atoms with E-state index in [0.29, 0.717) is 22.8 Å². The second kappa shape index (κ2) is 7.49. The summed E-state index contributed by atoms with van der Waals surface area (Å²) < 4.78 is 5.31. The van der Waals surface area contributed by atoms with Crippen LogP contribution in [-0.4, -0.2) is 23.8 Å². The summed E-state index contributed by atoms with van der Waals surface area (Å²) in [6, 6.07) is 6.94. The Kier molecular flexibility index (Phi) is 5.15. The van der Waals surface area contributed by atoms with Crippen LogP contribution in [0.25, 0.3) is 0 Å². The number of ether oxygens (including phenoxy) is 1. The molecule has 0 saturated heterocycles. The number of aryl methyl sites for hydroxylation is 2. The second-order valence-corrected chi connectivity index (χ2v) is 6.76. The molecular formula is C18H20N2O3S. The first-order valence-electron chi connectivity index (χ1n) is 8.08. The monoisotopic (exact) mass is 344 g/mol. The molecule has 0 atom stereocenters. The van der Waals surface area contributed by atoms with E-state index in [4.69, 9.17) is 4.74 Å². The van der Waals surface area contributed by atoms with Gasteiger partial charge in [-0.1, -0.05) is 0 Å². The van der Waals surface area contributed by atoms with Gasteiger partial charge in [-0.05, 0) is 56.4 Å². The highest BCUT2D eigenvalue weighted by Gasteiger charge is 2.16. The Morgan fingerprint density at radius 2 is 2.21 bits per heavy atom. The summed E-state index contributed by atoms with van der Waals surface area (Å²) in [5, 5.41) is 13.9. The number of fused-ring (bicyclic) bond motifs is 1. The largest absolute Gasteiger partial charge is 0.507 e. The predicted octanol–water partition coefficient (Wildman–Crippen LogP) is 3.50. The van der Waals surface area contributed by atoms with E-state index in [9.17, 15) is 9.90 Å². The van der Waals surface area contributed by atoms with Crippen molar-refractivity contribution in [3.63, 3.8) is 0 Å². The number of amides is 1. The van der Waals surface area contributed by atoms with Gasteiger partial charge < -0.3 is 9.84 Å². The molecule has 1 aliphatic carbocycles. The molecule has 0 fully saturated rings. The van der Waals surface area contributed by atoms with Crippen LogP contribution in [0.15, 0.2) is 29.4 Å². The molecule has 0 saturated carbocycles. The molecule has 0 bridgehead atoms. The number of benzene rings is 1. The third kappa shape index (κ3) is 3.76. The standard InChI is InChI=1S/C18H20N2O3S/c1-2-23-14-8-7-13(15(21)10-14)11-19-20-18(22)17-9-12-5-3-4-6-16(12)24-17/h7-11,21H,2-6H2,1H3,(H,20,22). The number of nitrogens with zero attached hydrogens (tertiary/aromatic N) is 1. The van der Waals surface area contributed by atoms with Crippen molar-refractivity contribution in [1.29, 1.82) is 0 Å². The van der Waals surface area contributed by atoms with Crippen LogP contribution in [0.1, 0.15) is 45.4 Å². The van der Waals surface area contributed by atoms with Crippen molar-refractivity contribution in [2.24, 2.45) is 5.10 Å². The number of carbonyl (C=O) groups is 1. The van der Waals surface area contributed by atoms with Gasteiger partial charge in [0.15, 0.2) is 0 Å². The molecule has 0 spiro atoms. The van der Waals surface area contributed by atoms with Crippen molar-refractivity contribution >= 4 is 23.5 Å². The van der Waals surface area contributed by atoms with Crippen LogP contribution in [0, 0.1) is 0 Å². The lowest BCUT2D eigenvalue weighted by Gasteiger charge is -2.08. The molecule has 0 aliphatic heterocycles. The molecule has 1 heterocycles. The Morgan fingerprint density at radius 3 is 2.96 bits per heavy atom. The fourth-order valence-electron chi connectivity index (χ4n) is 2.71. The molecule has 126 valence electrons. The SMILES string of the molecule is CCOc1ccc(C=NNC(=O)c2cc3c(s2)CCCC3)c(O)c1. The summed E-state index contributed by atoms with van der Waals surface area (Å²) in [7, 11) is 0. The van der Waals surface area contributed by atoms with Gasteiger partial charge in [0.2, 0.25) is 0 Å². The van der Waals surface area contributed by atoms with Crippen molar-refractivity contribution in [3.8, 4) is 11.5 Å².